The van der Waals surface area contributed by atoms with Crippen LogP contribution in [0.25, 0.3) is 16.5 Å². The molecule has 1 N–H and O–H groups in total. The predicted octanol–water partition coefficient (Wildman–Crippen LogP) is 5.52. The Morgan fingerprint density at radius 1 is 1.27 bits per heavy atom. The summed E-state index contributed by atoms with van der Waals surface area (Å²) < 4.78 is 0. The van der Waals surface area contributed by atoms with Crippen LogP contribution < -0.4 is 0 Å². The lowest BCUT2D eigenvalue weighted by Gasteiger charge is -2.07. The van der Waals surface area contributed by atoms with Gasteiger partial charge in [-0.2, -0.15) is 0 Å². The summed E-state index contributed by atoms with van der Waals surface area (Å²) in [6, 6.07) is 6.26. The summed E-state index contributed by atoms with van der Waals surface area (Å²) in [7, 11) is 1.73. The zero-order valence-corrected chi connectivity index (χ0v) is 16.2. The highest BCUT2D eigenvalue weighted by Crippen LogP contribution is 2.28. The van der Waals surface area contributed by atoms with Gasteiger partial charge in [0, 0.05) is 23.5 Å². The summed E-state index contributed by atoms with van der Waals surface area (Å²) in [5.74, 6) is -0.00374. The maximum absolute atomic E-state index is 12.4. The molecule has 0 amide bonds. The van der Waals surface area contributed by atoms with Crippen molar-refractivity contribution in [3.63, 3.8) is 0 Å². The van der Waals surface area contributed by atoms with Gasteiger partial charge in [-0.3, -0.25) is 9.79 Å². The summed E-state index contributed by atoms with van der Waals surface area (Å²) in [5.41, 5.74) is 6.41. The second kappa shape index (κ2) is 8.43. The number of allylic oxidation sites excluding steroid dienone is 7. The van der Waals surface area contributed by atoms with Crippen LogP contribution in [0.4, 0.5) is 0 Å². The quantitative estimate of drug-likeness (QED) is 0.418. The van der Waals surface area contributed by atoms with Gasteiger partial charge < -0.3 is 4.98 Å². The minimum atomic E-state index is -0.00374. The Hall–Kier alpha value is -2.94. The highest BCUT2D eigenvalue weighted by molar-refractivity contribution is 6.27. The van der Waals surface area contributed by atoms with Gasteiger partial charge in [0.1, 0.15) is 0 Å². The largest absolute Gasteiger partial charge is 0.354 e. The van der Waals surface area contributed by atoms with Crippen LogP contribution in [0, 0.1) is 13.8 Å². The summed E-state index contributed by atoms with van der Waals surface area (Å²) in [4.78, 5) is 20.2. The summed E-state index contributed by atoms with van der Waals surface area (Å²) >= 11 is 0. The average Bonchev–Trinajstić information content (AvgIpc) is 2.92. The molecule has 2 rings (SSSR count). The van der Waals surface area contributed by atoms with Crippen LogP contribution in [0.5, 0.6) is 0 Å². The first-order valence-electron chi connectivity index (χ1n) is 8.67. The van der Waals surface area contributed by atoms with E-state index in [0.717, 1.165) is 33.4 Å². The number of carbonyl (C=O) groups is 1. The number of nitrogens with one attached hydrogen (secondary N) is 1. The van der Waals surface area contributed by atoms with Gasteiger partial charge in [0.05, 0.1) is 11.4 Å². The van der Waals surface area contributed by atoms with Crippen molar-refractivity contribution >= 4 is 28.0 Å². The van der Waals surface area contributed by atoms with Crippen LogP contribution in [0.3, 0.4) is 0 Å². The molecule has 1 aromatic carbocycles. The molecule has 26 heavy (non-hydrogen) atoms. The summed E-state index contributed by atoms with van der Waals surface area (Å²) in [6.07, 6.45) is 9.36. The molecule has 2 aromatic rings. The molecule has 0 bridgehead atoms. The van der Waals surface area contributed by atoms with Crippen molar-refractivity contribution in [3.05, 3.63) is 77.6 Å². The van der Waals surface area contributed by atoms with Gasteiger partial charge in [0.15, 0.2) is 5.78 Å². The molecular weight excluding hydrogens is 320 g/mol. The second-order valence-electron chi connectivity index (χ2n) is 6.25. The lowest BCUT2D eigenvalue weighted by atomic mass is 9.99. The van der Waals surface area contributed by atoms with E-state index in [0.29, 0.717) is 5.57 Å². The van der Waals surface area contributed by atoms with Gasteiger partial charge in [0.25, 0.3) is 0 Å². The number of aromatic amines is 1. The molecule has 3 nitrogen and oxygen atoms in total. The Morgan fingerprint density at radius 2 is 2.00 bits per heavy atom. The SMILES string of the molecule is C=C/C=C(\C=C/C)C(/C=C(\C(C)=O)c1[nH]c2ccc(C)cc2c1C)=NC. The third-order valence-electron chi connectivity index (χ3n) is 4.32. The number of ketones is 1. The number of Topliss-reactive ketones (excluding diaryl/α,β-unsaturated/α-hetero) is 1. The van der Waals surface area contributed by atoms with Crippen molar-refractivity contribution in [1.29, 1.82) is 0 Å². The Morgan fingerprint density at radius 3 is 2.58 bits per heavy atom. The number of nitrogens with zero attached hydrogens (tertiary/aromatic N) is 1. The molecule has 0 aliphatic carbocycles. The lowest BCUT2D eigenvalue weighted by molar-refractivity contribution is -0.111. The standard InChI is InChI=1S/C23H26N2O/c1-7-9-18(10-8-2)22(24-6)14-20(17(5)26)23-16(4)19-13-15(3)11-12-21(19)25-23/h7-14,25H,1H2,2-6H3/b10-8-,18-9+,20-14+,24-22?. The van der Waals surface area contributed by atoms with E-state index in [4.69, 9.17) is 0 Å². The topological polar surface area (TPSA) is 45.2 Å². The minimum absolute atomic E-state index is 0.00374. The van der Waals surface area contributed by atoms with Gasteiger partial charge in [-0.1, -0.05) is 42.5 Å². The molecule has 0 aliphatic heterocycles. The zero-order chi connectivity index (χ0) is 19.3. The Labute approximate surface area is 155 Å². The lowest BCUT2D eigenvalue weighted by Crippen LogP contribution is -2.05. The average molecular weight is 346 g/mol. The van der Waals surface area contributed by atoms with Gasteiger partial charge in [-0.25, -0.2) is 0 Å². The number of rotatable bonds is 6. The number of carbonyl (C=O) groups excluding carboxylic acids is 1. The molecule has 134 valence electrons. The number of hydrogen-bond donors (Lipinski definition) is 1. The normalized spacial score (nSPS) is 13.7. The summed E-state index contributed by atoms with van der Waals surface area (Å²) in [6.45, 7) is 11.4. The molecule has 0 atom stereocenters. The minimum Gasteiger partial charge on any atom is -0.354 e. The number of aryl methyl sites for hydroxylation is 2. The van der Waals surface area contributed by atoms with Gasteiger partial charge in [-0.05, 0) is 57.0 Å². The fourth-order valence-electron chi connectivity index (χ4n) is 3.01. The van der Waals surface area contributed by atoms with Crippen molar-refractivity contribution < 1.29 is 4.79 Å². The number of hydrogen-bond acceptors (Lipinski definition) is 2. The van der Waals surface area contributed by atoms with Crippen molar-refractivity contribution in [2.45, 2.75) is 27.7 Å². The molecule has 1 aromatic heterocycles. The fraction of sp³-hybridized carbons (Fsp3) is 0.217. The van der Waals surface area contributed by atoms with Crippen LogP contribution in [0.1, 0.15) is 30.7 Å². The molecule has 1 heterocycles. The zero-order valence-electron chi connectivity index (χ0n) is 16.2. The van der Waals surface area contributed by atoms with E-state index in [2.05, 4.69) is 41.7 Å². The van der Waals surface area contributed by atoms with E-state index >= 15 is 0 Å². The predicted molar refractivity (Wildman–Crippen MR) is 113 cm³/mol. The van der Waals surface area contributed by atoms with Crippen LogP contribution in [-0.2, 0) is 4.79 Å². The number of benzene rings is 1. The van der Waals surface area contributed by atoms with Crippen molar-refractivity contribution in [3.8, 4) is 0 Å². The second-order valence-corrected chi connectivity index (χ2v) is 6.25. The van der Waals surface area contributed by atoms with Crippen LogP contribution in [-0.4, -0.2) is 23.5 Å². The monoisotopic (exact) mass is 346 g/mol. The molecule has 0 unspecified atom stereocenters. The van der Waals surface area contributed by atoms with Crippen molar-refractivity contribution in [2.75, 3.05) is 7.05 Å². The highest BCUT2D eigenvalue weighted by Gasteiger charge is 2.16. The molecular formula is C23H26N2O. The maximum atomic E-state index is 12.4. The van der Waals surface area contributed by atoms with Gasteiger partial charge in [0.2, 0.25) is 0 Å². The Bertz CT molecular complexity index is 965. The molecule has 0 radical (unpaired) electrons. The highest BCUT2D eigenvalue weighted by atomic mass is 16.1. The number of H-pyrrole nitrogens is 1. The van der Waals surface area contributed by atoms with E-state index in [1.165, 1.54) is 5.56 Å². The fourth-order valence-corrected chi connectivity index (χ4v) is 3.01. The van der Waals surface area contributed by atoms with Crippen LogP contribution in [0.2, 0.25) is 0 Å². The molecule has 0 saturated carbocycles. The molecule has 3 heteroatoms. The molecule has 0 spiro atoms. The van der Waals surface area contributed by atoms with Crippen molar-refractivity contribution in [1.82, 2.24) is 4.98 Å². The Balaban J connectivity index is 2.67. The number of aromatic nitrogens is 1. The number of aliphatic imine (C=N–C) groups is 1. The maximum Gasteiger partial charge on any atom is 0.161 e. The van der Waals surface area contributed by atoms with E-state index < -0.39 is 0 Å². The van der Waals surface area contributed by atoms with E-state index in [-0.39, 0.29) is 5.78 Å². The van der Waals surface area contributed by atoms with E-state index in [9.17, 15) is 4.79 Å². The molecule has 0 fully saturated rings. The van der Waals surface area contributed by atoms with Crippen LogP contribution >= 0.6 is 0 Å². The first-order chi connectivity index (χ1) is 12.4. The third-order valence-corrected chi connectivity index (χ3v) is 4.32. The first kappa shape index (κ1) is 19.4. The smallest absolute Gasteiger partial charge is 0.161 e. The van der Waals surface area contributed by atoms with Gasteiger partial charge in [-0.15, -0.1) is 0 Å². The first-order valence-corrected chi connectivity index (χ1v) is 8.67. The third kappa shape index (κ3) is 3.99. The van der Waals surface area contributed by atoms with E-state index in [1.807, 2.05) is 38.2 Å². The van der Waals surface area contributed by atoms with Crippen LogP contribution in [0.15, 0.2) is 65.7 Å². The van der Waals surface area contributed by atoms with E-state index in [1.54, 1.807) is 20.0 Å². The summed E-state index contributed by atoms with van der Waals surface area (Å²) in [5, 5.41) is 1.14. The van der Waals surface area contributed by atoms with Crippen molar-refractivity contribution in [2.24, 2.45) is 4.99 Å². The Kier molecular flexibility index (Phi) is 6.29. The molecule has 0 saturated heterocycles. The van der Waals surface area contributed by atoms with Gasteiger partial charge >= 0.3 is 0 Å². The number of fused-ring (bicyclic) bond motifs is 1. The molecule has 0 aliphatic rings.